The van der Waals surface area contributed by atoms with Gasteiger partial charge in [0, 0.05) is 34.1 Å². The van der Waals surface area contributed by atoms with Crippen LogP contribution in [0.25, 0.3) is 0 Å². The third-order valence-electron chi connectivity index (χ3n) is 1.52. The smallest absolute Gasteiger partial charge is 0.223 e. The second-order valence-electron chi connectivity index (χ2n) is 2.67. The molecule has 0 aromatic rings. The first-order valence-corrected chi connectivity index (χ1v) is 3.77. The minimum Gasteiger partial charge on any atom is -0.349 e. The van der Waals surface area contributed by atoms with E-state index >= 15 is 0 Å². The average molecular weight is 156 g/mol. The van der Waals surface area contributed by atoms with E-state index in [4.69, 9.17) is 7.05 Å². The van der Waals surface area contributed by atoms with Crippen molar-refractivity contribution >= 4 is 5.91 Å². The molecule has 0 saturated carbocycles. The summed E-state index contributed by atoms with van der Waals surface area (Å²) in [6.07, 6.45) is 0.497. The Bertz CT molecular complexity index is 123. The Kier molecular flexibility index (Phi) is 4.86. The van der Waals surface area contributed by atoms with Gasteiger partial charge in [-0.1, -0.05) is 6.92 Å². The lowest BCUT2D eigenvalue weighted by molar-refractivity contribution is -0.128. The average Bonchev–Trinajstić information content (AvgIpc) is 1.99. The quantitative estimate of drug-likeness (QED) is 0.552. The van der Waals surface area contributed by atoms with Crippen LogP contribution in [0.5, 0.6) is 0 Å². The molecule has 0 fully saturated rings. The van der Waals surface area contributed by atoms with Crippen LogP contribution in [0.3, 0.4) is 0 Å². The van der Waals surface area contributed by atoms with E-state index in [1.54, 1.807) is 23.9 Å². The molecule has 0 aliphatic carbocycles. The highest BCUT2D eigenvalue weighted by molar-refractivity contribution is 5.75. The Morgan fingerprint density at radius 3 is 2.36 bits per heavy atom. The van der Waals surface area contributed by atoms with Crippen molar-refractivity contribution < 1.29 is 4.79 Å². The number of carbonyl (C=O) groups is 1. The fraction of sp³-hybridized carbons (Fsp3) is 0.750. The van der Waals surface area contributed by atoms with Crippen LogP contribution in [0, 0.1) is 7.05 Å². The molecule has 0 spiro atoms. The fourth-order valence-corrected chi connectivity index (χ4v) is 0.621. The predicted octanol–water partition coefficient (Wildman–Crippen LogP) is 0.455. The summed E-state index contributed by atoms with van der Waals surface area (Å²) in [5.74, 6) is 0.119. The number of rotatable bonds is 4. The first kappa shape index (κ1) is 10.4. The Morgan fingerprint density at radius 1 is 1.45 bits per heavy atom. The zero-order valence-electron chi connectivity index (χ0n) is 7.50. The Hall–Kier alpha value is -0.570. The lowest BCUT2D eigenvalue weighted by atomic mass is 10.3. The van der Waals surface area contributed by atoms with Gasteiger partial charge in [-0.3, -0.25) is 9.69 Å². The standard InChI is InChI=1S/C8H16N2O/c1-5-10(4)7-6-8(11)9(2)3/h4H,5-7H2,1-3H3. The van der Waals surface area contributed by atoms with E-state index in [9.17, 15) is 4.79 Å². The third-order valence-corrected chi connectivity index (χ3v) is 1.52. The molecule has 0 rings (SSSR count). The monoisotopic (exact) mass is 156 g/mol. The summed E-state index contributed by atoms with van der Waals surface area (Å²) in [6.45, 7) is 3.37. The van der Waals surface area contributed by atoms with Crippen LogP contribution in [-0.2, 0) is 4.79 Å². The van der Waals surface area contributed by atoms with Crippen LogP contribution in [-0.4, -0.2) is 42.9 Å². The van der Waals surface area contributed by atoms with Crippen molar-refractivity contribution in [2.45, 2.75) is 13.3 Å². The van der Waals surface area contributed by atoms with Crippen molar-refractivity contribution in [2.24, 2.45) is 0 Å². The maximum atomic E-state index is 11.0. The lowest BCUT2D eigenvalue weighted by Gasteiger charge is -2.14. The molecule has 11 heavy (non-hydrogen) atoms. The Morgan fingerprint density at radius 2 is 2.00 bits per heavy atom. The van der Waals surface area contributed by atoms with Gasteiger partial charge in [0.2, 0.25) is 5.91 Å². The van der Waals surface area contributed by atoms with Gasteiger partial charge in [-0.2, -0.15) is 0 Å². The summed E-state index contributed by atoms with van der Waals surface area (Å²) in [4.78, 5) is 14.2. The summed E-state index contributed by atoms with van der Waals surface area (Å²) < 4.78 is 0. The summed E-state index contributed by atoms with van der Waals surface area (Å²) in [5, 5.41) is 0. The zero-order valence-corrected chi connectivity index (χ0v) is 7.50. The van der Waals surface area contributed by atoms with Crippen molar-refractivity contribution in [3.05, 3.63) is 7.05 Å². The molecule has 3 nitrogen and oxygen atoms in total. The van der Waals surface area contributed by atoms with Crippen molar-refractivity contribution in [3.63, 3.8) is 0 Å². The molecule has 0 aliphatic heterocycles. The molecular formula is C8H16N2O. The van der Waals surface area contributed by atoms with Crippen molar-refractivity contribution in [2.75, 3.05) is 27.2 Å². The van der Waals surface area contributed by atoms with Crippen LogP contribution in [0.1, 0.15) is 13.3 Å². The van der Waals surface area contributed by atoms with Crippen molar-refractivity contribution in [1.29, 1.82) is 0 Å². The number of amides is 1. The summed E-state index contributed by atoms with van der Waals surface area (Å²) in [6, 6.07) is 0. The van der Waals surface area contributed by atoms with Gasteiger partial charge in [0.25, 0.3) is 0 Å². The number of hydrogen-bond acceptors (Lipinski definition) is 2. The van der Waals surface area contributed by atoms with Crippen molar-refractivity contribution in [3.8, 4) is 0 Å². The molecule has 0 heterocycles. The van der Waals surface area contributed by atoms with Gasteiger partial charge in [-0.05, 0) is 6.54 Å². The molecule has 0 N–H and O–H groups in total. The van der Waals surface area contributed by atoms with Gasteiger partial charge in [0.05, 0.1) is 0 Å². The molecule has 3 heteroatoms. The summed E-state index contributed by atoms with van der Waals surface area (Å²) in [7, 11) is 8.97. The minimum atomic E-state index is 0.119. The predicted molar refractivity (Wildman–Crippen MR) is 44.9 cm³/mol. The van der Waals surface area contributed by atoms with Crippen molar-refractivity contribution in [1.82, 2.24) is 9.80 Å². The minimum absolute atomic E-state index is 0.119. The van der Waals surface area contributed by atoms with E-state index < -0.39 is 0 Å². The largest absolute Gasteiger partial charge is 0.349 e. The number of nitrogens with zero attached hydrogens (tertiary/aromatic N) is 2. The molecule has 0 atom stereocenters. The molecule has 2 radical (unpaired) electrons. The molecule has 0 saturated heterocycles. The zero-order chi connectivity index (χ0) is 8.85. The van der Waals surface area contributed by atoms with Gasteiger partial charge < -0.3 is 4.90 Å². The van der Waals surface area contributed by atoms with Crippen LogP contribution >= 0.6 is 0 Å². The van der Waals surface area contributed by atoms with Crippen LogP contribution in [0.4, 0.5) is 0 Å². The highest BCUT2D eigenvalue weighted by atomic mass is 16.2. The fourth-order valence-electron chi connectivity index (χ4n) is 0.621. The van der Waals surface area contributed by atoms with E-state index in [0.29, 0.717) is 13.0 Å². The van der Waals surface area contributed by atoms with Gasteiger partial charge in [0.1, 0.15) is 0 Å². The molecule has 0 bridgehead atoms. The summed E-state index contributed by atoms with van der Waals surface area (Å²) >= 11 is 0. The van der Waals surface area contributed by atoms with E-state index in [1.165, 1.54) is 0 Å². The normalized spacial score (nSPS) is 10.3. The van der Waals surface area contributed by atoms with Gasteiger partial charge in [0.15, 0.2) is 0 Å². The van der Waals surface area contributed by atoms with E-state index in [-0.39, 0.29) is 5.91 Å². The molecular weight excluding hydrogens is 140 g/mol. The van der Waals surface area contributed by atoms with E-state index in [0.717, 1.165) is 6.54 Å². The highest BCUT2D eigenvalue weighted by Gasteiger charge is 2.04. The molecule has 1 amide bonds. The van der Waals surface area contributed by atoms with E-state index in [1.807, 2.05) is 6.92 Å². The van der Waals surface area contributed by atoms with Crippen LogP contribution in [0.2, 0.25) is 0 Å². The SMILES string of the molecule is [CH]N(CC)CCC(=O)N(C)C. The Balaban J connectivity index is 3.46. The molecule has 0 unspecified atom stereocenters. The third kappa shape index (κ3) is 4.79. The second kappa shape index (κ2) is 5.13. The first-order valence-electron chi connectivity index (χ1n) is 3.77. The number of carbonyl (C=O) groups excluding carboxylic acids is 1. The topological polar surface area (TPSA) is 23.6 Å². The van der Waals surface area contributed by atoms with E-state index in [2.05, 4.69) is 0 Å². The molecule has 0 aromatic carbocycles. The molecule has 0 aromatic heterocycles. The van der Waals surface area contributed by atoms with Gasteiger partial charge >= 0.3 is 0 Å². The van der Waals surface area contributed by atoms with Crippen LogP contribution in [0.15, 0.2) is 0 Å². The maximum Gasteiger partial charge on any atom is 0.223 e. The van der Waals surface area contributed by atoms with Crippen LogP contribution < -0.4 is 0 Å². The van der Waals surface area contributed by atoms with Gasteiger partial charge in [-0.25, -0.2) is 0 Å². The molecule has 0 aliphatic rings. The highest BCUT2D eigenvalue weighted by Crippen LogP contribution is 1.91. The number of hydrogen-bond donors (Lipinski definition) is 0. The first-order chi connectivity index (χ1) is 5.07. The molecule has 64 valence electrons. The second-order valence-corrected chi connectivity index (χ2v) is 2.67. The maximum absolute atomic E-state index is 11.0. The Labute approximate surface area is 69.0 Å². The summed E-state index contributed by atoms with van der Waals surface area (Å²) in [5.41, 5.74) is 0. The van der Waals surface area contributed by atoms with Gasteiger partial charge in [-0.15, -0.1) is 0 Å². The lowest BCUT2D eigenvalue weighted by Crippen LogP contribution is -2.26.